The normalized spacial score (nSPS) is 10.6. The molecule has 104 valence electrons. The van der Waals surface area contributed by atoms with Gasteiger partial charge in [0.1, 0.15) is 5.82 Å². The molecule has 2 rings (SSSR count). The molecule has 2 heteroatoms. The fourth-order valence-electron chi connectivity index (χ4n) is 2.27. The summed E-state index contributed by atoms with van der Waals surface area (Å²) in [4.78, 5) is 0. The zero-order valence-corrected chi connectivity index (χ0v) is 12.0. The smallest absolute Gasteiger partial charge is 0.129 e. The van der Waals surface area contributed by atoms with E-state index in [4.69, 9.17) is 0 Å². The number of benzene rings is 2. The summed E-state index contributed by atoms with van der Waals surface area (Å²) >= 11 is 0. The highest BCUT2D eigenvalue weighted by atomic mass is 19.1. The van der Waals surface area contributed by atoms with Crippen molar-refractivity contribution in [2.75, 3.05) is 6.54 Å². The van der Waals surface area contributed by atoms with Crippen LogP contribution in [0.25, 0.3) is 5.57 Å². The van der Waals surface area contributed by atoms with E-state index in [0.717, 1.165) is 23.2 Å². The lowest BCUT2D eigenvalue weighted by atomic mass is 10.1. The summed E-state index contributed by atoms with van der Waals surface area (Å²) in [7, 11) is 0. The van der Waals surface area contributed by atoms with Gasteiger partial charge in [-0.3, -0.25) is 0 Å². The highest BCUT2D eigenvalue weighted by molar-refractivity contribution is 5.64. The predicted molar refractivity (Wildman–Crippen MR) is 83.1 cm³/mol. The van der Waals surface area contributed by atoms with Crippen LogP contribution in [0.3, 0.4) is 0 Å². The Kier molecular flexibility index (Phi) is 4.70. The van der Waals surface area contributed by atoms with Gasteiger partial charge in [-0.25, -0.2) is 4.39 Å². The van der Waals surface area contributed by atoms with Crippen molar-refractivity contribution in [3.8, 4) is 0 Å². The molecular weight excluding hydrogens is 249 g/mol. The van der Waals surface area contributed by atoms with Crippen molar-refractivity contribution in [2.45, 2.75) is 20.4 Å². The third-order valence-electron chi connectivity index (χ3n) is 3.35. The van der Waals surface area contributed by atoms with Crippen molar-refractivity contribution in [3.63, 3.8) is 0 Å². The Morgan fingerprint density at radius 3 is 2.30 bits per heavy atom. The molecule has 2 aromatic rings. The summed E-state index contributed by atoms with van der Waals surface area (Å²) in [5.74, 6) is -0.109. The molecule has 0 amide bonds. The maximum absolute atomic E-state index is 13.5. The number of halogens is 1. The molecule has 20 heavy (non-hydrogen) atoms. The van der Waals surface area contributed by atoms with Crippen molar-refractivity contribution < 1.29 is 4.39 Å². The molecule has 0 unspecified atom stereocenters. The minimum Gasteiger partial charge on any atom is -0.309 e. The SMILES string of the molecule is C=C(CNCc1cc(C)c(F)c(C)c1)c1ccccc1. The van der Waals surface area contributed by atoms with E-state index in [1.807, 2.05) is 30.3 Å². The maximum atomic E-state index is 13.5. The van der Waals surface area contributed by atoms with Gasteiger partial charge in [0.2, 0.25) is 0 Å². The van der Waals surface area contributed by atoms with E-state index in [1.165, 1.54) is 0 Å². The third-order valence-corrected chi connectivity index (χ3v) is 3.35. The van der Waals surface area contributed by atoms with E-state index in [1.54, 1.807) is 13.8 Å². The molecule has 1 nitrogen and oxygen atoms in total. The highest BCUT2D eigenvalue weighted by Gasteiger charge is 2.04. The molecule has 0 fully saturated rings. The second kappa shape index (κ2) is 6.49. The van der Waals surface area contributed by atoms with Gasteiger partial charge < -0.3 is 5.32 Å². The van der Waals surface area contributed by atoms with E-state index in [-0.39, 0.29) is 5.82 Å². The van der Waals surface area contributed by atoms with Gasteiger partial charge in [-0.1, -0.05) is 49.0 Å². The molecule has 0 aliphatic rings. The van der Waals surface area contributed by atoms with Crippen LogP contribution >= 0.6 is 0 Å². The lowest BCUT2D eigenvalue weighted by Gasteiger charge is -2.10. The minimum atomic E-state index is -0.109. The van der Waals surface area contributed by atoms with Crippen molar-refractivity contribution >= 4 is 5.57 Å². The van der Waals surface area contributed by atoms with E-state index in [2.05, 4.69) is 24.0 Å². The van der Waals surface area contributed by atoms with Crippen molar-refractivity contribution in [1.82, 2.24) is 5.32 Å². The Bertz CT molecular complexity index is 579. The first-order valence-electron chi connectivity index (χ1n) is 6.77. The van der Waals surface area contributed by atoms with E-state index in [9.17, 15) is 4.39 Å². The minimum absolute atomic E-state index is 0.109. The molecule has 1 N–H and O–H groups in total. The van der Waals surface area contributed by atoms with Gasteiger partial charge in [-0.15, -0.1) is 0 Å². The van der Waals surface area contributed by atoms with Gasteiger partial charge in [-0.2, -0.15) is 0 Å². The molecule has 0 bridgehead atoms. The molecule has 0 aliphatic carbocycles. The van der Waals surface area contributed by atoms with Crippen LogP contribution in [-0.4, -0.2) is 6.54 Å². The molecule has 0 radical (unpaired) electrons. The number of hydrogen-bond acceptors (Lipinski definition) is 1. The predicted octanol–water partition coefficient (Wildman–Crippen LogP) is 4.25. The topological polar surface area (TPSA) is 12.0 Å². The molecule has 0 aromatic heterocycles. The van der Waals surface area contributed by atoms with Crippen LogP contribution in [0.2, 0.25) is 0 Å². The summed E-state index contributed by atoms with van der Waals surface area (Å²) in [6.45, 7) is 9.12. The Labute approximate surface area is 120 Å². The zero-order valence-electron chi connectivity index (χ0n) is 12.0. The van der Waals surface area contributed by atoms with Crippen LogP contribution in [0.5, 0.6) is 0 Å². The van der Waals surface area contributed by atoms with E-state index < -0.39 is 0 Å². The van der Waals surface area contributed by atoms with Crippen molar-refractivity contribution in [3.05, 3.63) is 77.1 Å². The standard InChI is InChI=1S/C18H20FN/c1-13-9-16(10-14(2)18(13)19)12-20-11-15(3)17-7-5-4-6-8-17/h4-10,20H,3,11-12H2,1-2H3. The Morgan fingerprint density at radius 1 is 1.10 bits per heavy atom. The second-order valence-electron chi connectivity index (χ2n) is 5.12. The van der Waals surface area contributed by atoms with E-state index in [0.29, 0.717) is 17.7 Å². The molecule has 2 aromatic carbocycles. The van der Waals surface area contributed by atoms with Gasteiger partial charge in [0, 0.05) is 13.1 Å². The summed E-state index contributed by atoms with van der Waals surface area (Å²) in [5, 5.41) is 3.35. The molecule has 0 atom stereocenters. The summed E-state index contributed by atoms with van der Waals surface area (Å²) in [5.41, 5.74) is 4.70. The quantitative estimate of drug-likeness (QED) is 0.856. The van der Waals surface area contributed by atoms with Gasteiger partial charge in [0.15, 0.2) is 0 Å². The first-order valence-corrected chi connectivity index (χ1v) is 6.77. The van der Waals surface area contributed by atoms with Crippen LogP contribution in [0, 0.1) is 19.7 Å². The highest BCUT2D eigenvalue weighted by Crippen LogP contribution is 2.15. The largest absolute Gasteiger partial charge is 0.309 e. The molecule has 0 heterocycles. The van der Waals surface area contributed by atoms with Crippen LogP contribution in [0.1, 0.15) is 22.3 Å². The maximum Gasteiger partial charge on any atom is 0.129 e. The number of hydrogen-bond donors (Lipinski definition) is 1. The Balaban J connectivity index is 1.92. The monoisotopic (exact) mass is 269 g/mol. The Hall–Kier alpha value is -1.93. The summed E-state index contributed by atoms with van der Waals surface area (Å²) in [6.07, 6.45) is 0. The van der Waals surface area contributed by atoms with Gasteiger partial charge in [-0.05, 0) is 41.7 Å². The molecule has 0 spiro atoms. The van der Waals surface area contributed by atoms with Crippen molar-refractivity contribution in [2.24, 2.45) is 0 Å². The molecule has 0 saturated heterocycles. The first kappa shape index (κ1) is 14.5. The zero-order chi connectivity index (χ0) is 14.5. The van der Waals surface area contributed by atoms with Gasteiger partial charge in [0.05, 0.1) is 0 Å². The van der Waals surface area contributed by atoms with Crippen LogP contribution in [0.15, 0.2) is 49.0 Å². The lowest BCUT2D eigenvalue weighted by molar-refractivity contribution is 0.607. The average molecular weight is 269 g/mol. The number of nitrogens with one attached hydrogen (secondary N) is 1. The first-order chi connectivity index (χ1) is 9.58. The number of aryl methyl sites for hydroxylation is 2. The van der Waals surface area contributed by atoms with E-state index >= 15 is 0 Å². The average Bonchev–Trinajstić information content (AvgIpc) is 2.45. The van der Waals surface area contributed by atoms with Crippen LogP contribution in [0.4, 0.5) is 4.39 Å². The van der Waals surface area contributed by atoms with Crippen molar-refractivity contribution in [1.29, 1.82) is 0 Å². The molecule has 0 saturated carbocycles. The van der Waals surface area contributed by atoms with Crippen LogP contribution in [-0.2, 0) is 6.54 Å². The molecular formula is C18H20FN. The molecule has 0 aliphatic heterocycles. The number of rotatable bonds is 5. The third kappa shape index (κ3) is 3.55. The second-order valence-corrected chi connectivity index (χ2v) is 5.12. The lowest BCUT2D eigenvalue weighted by Crippen LogP contribution is -2.16. The fourth-order valence-corrected chi connectivity index (χ4v) is 2.27. The Morgan fingerprint density at radius 2 is 1.70 bits per heavy atom. The fraction of sp³-hybridized carbons (Fsp3) is 0.222. The van der Waals surface area contributed by atoms with Crippen LogP contribution < -0.4 is 5.32 Å². The summed E-state index contributed by atoms with van der Waals surface area (Å²) in [6, 6.07) is 13.9. The van der Waals surface area contributed by atoms with Gasteiger partial charge in [0.25, 0.3) is 0 Å². The summed E-state index contributed by atoms with van der Waals surface area (Å²) < 4.78 is 13.5. The van der Waals surface area contributed by atoms with Gasteiger partial charge >= 0.3 is 0 Å².